The van der Waals surface area contributed by atoms with Crippen molar-refractivity contribution in [1.29, 1.82) is 0 Å². The van der Waals surface area contributed by atoms with Gasteiger partial charge in [0, 0.05) is 16.7 Å². The number of rotatable bonds is 6. The molecule has 0 spiro atoms. The van der Waals surface area contributed by atoms with Crippen LogP contribution in [0.3, 0.4) is 0 Å². The van der Waals surface area contributed by atoms with Crippen LogP contribution in [0.1, 0.15) is 15.9 Å². The Hall–Kier alpha value is -4.27. The predicted octanol–water partition coefficient (Wildman–Crippen LogP) is 6.30. The topological polar surface area (TPSA) is 73.6 Å². The number of hydrogen-bond donors (Lipinski definition) is 1. The number of ether oxygens (including phenoxy) is 2. The Morgan fingerprint density at radius 2 is 1.35 bits per heavy atom. The third-order valence-electron chi connectivity index (χ3n) is 5.04. The number of methoxy groups -OCH3 is 2. The summed E-state index contributed by atoms with van der Waals surface area (Å²) in [4.78, 5) is 17.0. The third kappa shape index (κ3) is 4.88. The van der Waals surface area contributed by atoms with Crippen molar-refractivity contribution in [1.82, 2.24) is 4.98 Å². The first kappa shape index (κ1) is 22.9. The molecule has 1 heterocycles. The predicted molar refractivity (Wildman–Crippen MR) is 120 cm³/mol. The number of oxazole rings is 1. The number of aromatic nitrogens is 1. The van der Waals surface area contributed by atoms with Gasteiger partial charge in [-0.3, -0.25) is 10.1 Å². The van der Waals surface area contributed by atoms with E-state index in [-0.39, 0.29) is 11.6 Å². The van der Waals surface area contributed by atoms with E-state index < -0.39 is 17.6 Å². The minimum atomic E-state index is -4.49. The van der Waals surface area contributed by atoms with Gasteiger partial charge in [0.25, 0.3) is 5.91 Å². The lowest BCUT2D eigenvalue weighted by Crippen LogP contribution is -2.13. The van der Waals surface area contributed by atoms with Crippen LogP contribution in [0.25, 0.3) is 22.6 Å². The number of alkyl halides is 3. The average molecular weight is 468 g/mol. The van der Waals surface area contributed by atoms with Crippen molar-refractivity contribution >= 4 is 11.9 Å². The number of amides is 1. The van der Waals surface area contributed by atoms with E-state index in [4.69, 9.17) is 13.9 Å². The molecule has 0 radical (unpaired) electrons. The average Bonchev–Trinajstić information content (AvgIpc) is 3.27. The maximum absolute atomic E-state index is 12.8. The molecule has 0 saturated heterocycles. The van der Waals surface area contributed by atoms with Gasteiger partial charge in [0.1, 0.15) is 17.2 Å². The molecule has 9 heteroatoms. The molecule has 0 saturated carbocycles. The number of carbonyl (C=O) groups excluding carboxylic acids is 1. The largest absolute Gasteiger partial charge is 0.497 e. The lowest BCUT2D eigenvalue weighted by Gasteiger charge is -2.07. The van der Waals surface area contributed by atoms with Crippen molar-refractivity contribution in [2.45, 2.75) is 6.18 Å². The molecule has 0 fully saturated rings. The van der Waals surface area contributed by atoms with Crippen molar-refractivity contribution < 1.29 is 31.9 Å². The molecule has 0 aliphatic heterocycles. The summed E-state index contributed by atoms with van der Waals surface area (Å²) in [5, 5.41) is 2.51. The molecule has 3 aromatic carbocycles. The molecule has 6 nitrogen and oxygen atoms in total. The molecular weight excluding hydrogens is 449 g/mol. The summed E-state index contributed by atoms with van der Waals surface area (Å²) in [6, 6.07) is 18.0. The van der Waals surface area contributed by atoms with E-state index in [9.17, 15) is 18.0 Å². The molecule has 1 N–H and O–H groups in total. The van der Waals surface area contributed by atoms with Gasteiger partial charge in [-0.25, -0.2) is 0 Å². The fraction of sp³-hybridized carbons (Fsp3) is 0.120. The Labute approximate surface area is 193 Å². The zero-order chi connectivity index (χ0) is 24.3. The second kappa shape index (κ2) is 9.30. The Kier molecular flexibility index (Phi) is 6.27. The van der Waals surface area contributed by atoms with E-state index in [0.29, 0.717) is 34.1 Å². The zero-order valence-corrected chi connectivity index (χ0v) is 18.1. The van der Waals surface area contributed by atoms with Gasteiger partial charge >= 0.3 is 12.2 Å². The molecule has 174 valence electrons. The van der Waals surface area contributed by atoms with Gasteiger partial charge in [-0.15, -0.1) is 0 Å². The highest BCUT2D eigenvalue weighted by atomic mass is 19.4. The van der Waals surface area contributed by atoms with Gasteiger partial charge in [-0.1, -0.05) is 0 Å². The number of nitrogens with zero attached hydrogens (tertiary/aromatic N) is 1. The van der Waals surface area contributed by atoms with Crippen molar-refractivity contribution in [2.24, 2.45) is 0 Å². The molecule has 4 rings (SSSR count). The number of benzene rings is 3. The highest BCUT2D eigenvalue weighted by molar-refractivity contribution is 6.03. The number of anilines is 1. The fourth-order valence-corrected chi connectivity index (χ4v) is 3.24. The second-order valence-corrected chi connectivity index (χ2v) is 7.18. The van der Waals surface area contributed by atoms with Crippen LogP contribution in [-0.4, -0.2) is 25.1 Å². The number of halogens is 3. The third-order valence-corrected chi connectivity index (χ3v) is 5.04. The molecule has 34 heavy (non-hydrogen) atoms. The summed E-state index contributed by atoms with van der Waals surface area (Å²) in [5.74, 6) is 1.06. The Bertz CT molecular complexity index is 1210. The normalized spacial score (nSPS) is 11.2. The van der Waals surface area contributed by atoms with E-state index in [0.717, 1.165) is 24.3 Å². The first-order valence-electron chi connectivity index (χ1n) is 10.1. The SMILES string of the molecule is COc1ccc(-c2nc(NC(=O)c3ccc(C(F)(F)F)cc3)oc2-c2ccc(OC)cc2)cc1. The van der Waals surface area contributed by atoms with E-state index in [1.54, 1.807) is 62.8 Å². The Morgan fingerprint density at radius 1 is 0.824 bits per heavy atom. The standard InChI is InChI=1S/C25H19F3N2O4/c1-32-19-11-5-15(6-12-19)21-22(16-7-13-20(33-2)14-8-16)34-24(29-21)30-23(31)17-3-9-18(10-4-17)25(26,27)28/h3-14H,1-2H3,(H,29,30,31). The smallest absolute Gasteiger partial charge is 0.416 e. The molecule has 1 amide bonds. The van der Waals surface area contributed by atoms with Crippen LogP contribution < -0.4 is 14.8 Å². The van der Waals surface area contributed by atoms with Gasteiger partial charge in [-0.05, 0) is 72.8 Å². The van der Waals surface area contributed by atoms with Crippen LogP contribution in [-0.2, 0) is 6.18 Å². The van der Waals surface area contributed by atoms with Gasteiger partial charge in [0.2, 0.25) is 0 Å². The monoisotopic (exact) mass is 468 g/mol. The summed E-state index contributed by atoms with van der Waals surface area (Å²) in [7, 11) is 3.11. The second-order valence-electron chi connectivity index (χ2n) is 7.18. The lowest BCUT2D eigenvalue weighted by molar-refractivity contribution is -0.137. The van der Waals surface area contributed by atoms with E-state index in [1.807, 2.05) is 0 Å². The van der Waals surface area contributed by atoms with Crippen molar-refractivity contribution in [3.63, 3.8) is 0 Å². The number of nitrogens with one attached hydrogen (secondary N) is 1. The lowest BCUT2D eigenvalue weighted by atomic mass is 10.1. The Balaban J connectivity index is 1.67. The minimum Gasteiger partial charge on any atom is -0.497 e. The van der Waals surface area contributed by atoms with Crippen LogP contribution in [0.5, 0.6) is 11.5 Å². The molecule has 1 aromatic heterocycles. The minimum absolute atomic E-state index is 0.0307. The maximum Gasteiger partial charge on any atom is 0.416 e. The quantitative estimate of drug-likeness (QED) is 0.360. The van der Waals surface area contributed by atoms with Crippen LogP contribution in [0, 0.1) is 0 Å². The summed E-state index contributed by atoms with van der Waals surface area (Å²) >= 11 is 0. The highest BCUT2D eigenvalue weighted by Gasteiger charge is 2.30. The van der Waals surface area contributed by atoms with Gasteiger partial charge < -0.3 is 13.9 Å². The van der Waals surface area contributed by atoms with E-state index in [1.165, 1.54) is 0 Å². The summed E-state index contributed by atoms with van der Waals surface area (Å²) in [6.45, 7) is 0. The number of hydrogen-bond acceptors (Lipinski definition) is 5. The van der Waals surface area contributed by atoms with E-state index in [2.05, 4.69) is 10.3 Å². The molecule has 0 atom stereocenters. The van der Waals surface area contributed by atoms with Gasteiger partial charge in [-0.2, -0.15) is 18.2 Å². The van der Waals surface area contributed by atoms with Gasteiger partial charge in [0.15, 0.2) is 5.76 Å². The van der Waals surface area contributed by atoms with Crippen LogP contribution in [0.15, 0.2) is 77.2 Å². The first-order chi connectivity index (χ1) is 16.3. The zero-order valence-electron chi connectivity index (χ0n) is 18.1. The molecular formula is C25H19F3N2O4. The Morgan fingerprint density at radius 3 is 1.85 bits per heavy atom. The van der Waals surface area contributed by atoms with Crippen LogP contribution >= 0.6 is 0 Å². The molecule has 0 bridgehead atoms. The number of carbonyl (C=O) groups is 1. The maximum atomic E-state index is 12.8. The van der Waals surface area contributed by atoms with Crippen LogP contribution in [0.4, 0.5) is 19.2 Å². The van der Waals surface area contributed by atoms with Crippen molar-refractivity contribution in [3.05, 3.63) is 83.9 Å². The van der Waals surface area contributed by atoms with Crippen molar-refractivity contribution in [3.8, 4) is 34.1 Å². The molecule has 0 aliphatic rings. The van der Waals surface area contributed by atoms with Crippen molar-refractivity contribution in [2.75, 3.05) is 19.5 Å². The summed E-state index contributed by atoms with van der Waals surface area (Å²) in [5.41, 5.74) is 1.06. The fourth-order valence-electron chi connectivity index (χ4n) is 3.24. The summed E-state index contributed by atoms with van der Waals surface area (Å²) < 4.78 is 54.6. The van der Waals surface area contributed by atoms with E-state index >= 15 is 0 Å². The van der Waals surface area contributed by atoms with Crippen LogP contribution in [0.2, 0.25) is 0 Å². The highest BCUT2D eigenvalue weighted by Crippen LogP contribution is 2.36. The first-order valence-corrected chi connectivity index (χ1v) is 10.1. The molecule has 0 unspecified atom stereocenters. The van der Waals surface area contributed by atoms with Gasteiger partial charge in [0.05, 0.1) is 19.8 Å². The molecule has 0 aliphatic carbocycles. The summed E-state index contributed by atoms with van der Waals surface area (Å²) in [6.07, 6.45) is -4.49. The molecule has 4 aromatic rings.